The molecule has 0 saturated carbocycles. The zero-order chi connectivity index (χ0) is 41.5. The Morgan fingerprint density at radius 3 is 2.00 bits per heavy atom. The van der Waals surface area contributed by atoms with Crippen LogP contribution < -0.4 is 20.1 Å². The first-order valence-corrected chi connectivity index (χ1v) is 20.1. The molecule has 4 aromatic carbocycles. The monoisotopic (exact) mass is 802 g/mol. The molecule has 0 bridgehead atoms. The van der Waals surface area contributed by atoms with E-state index in [2.05, 4.69) is 15.4 Å². The van der Waals surface area contributed by atoms with E-state index >= 15 is 0 Å². The molecule has 4 unspecified atom stereocenters. The Labute approximate surface area is 333 Å². The van der Waals surface area contributed by atoms with Crippen LogP contribution in [0.2, 0.25) is 0 Å². The Morgan fingerprint density at radius 1 is 0.772 bits per heavy atom. The standard InChI is InChI=1S/C42H50N4O10S/c1-5-57(53,54)45-35-24-33(41(51)43-28(2)32-16-10-7-11-17-32)23-34(25-35)42(52)44-37(22-30-13-8-6-9-14-30)38(48)27-46(26-31-15-12-18-36(21-31)55-4)39(49)19-20-40(50)56-29(3)47/h6-18,21,23-25,28-29,37-38,45,47-48H,5,19-20,22,26-27H2,1-4H3,(H,43,51)(H,44,52). The lowest BCUT2D eigenvalue weighted by atomic mass is 9.99. The van der Waals surface area contributed by atoms with Gasteiger partial charge in [-0.05, 0) is 74.2 Å². The van der Waals surface area contributed by atoms with Gasteiger partial charge in [0.15, 0.2) is 6.29 Å². The van der Waals surface area contributed by atoms with Crippen molar-refractivity contribution in [3.63, 3.8) is 0 Å². The van der Waals surface area contributed by atoms with E-state index in [-0.39, 0.29) is 54.9 Å². The summed E-state index contributed by atoms with van der Waals surface area (Å²) in [5, 5.41) is 27.0. The number of anilines is 1. The Balaban J connectivity index is 1.65. The molecule has 5 N–H and O–H groups in total. The number of nitrogens with one attached hydrogen (secondary N) is 3. The van der Waals surface area contributed by atoms with Crippen LogP contribution in [-0.2, 0) is 37.3 Å². The molecule has 0 radical (unpaired) electrons. The number of sulfonamides is 1. The van der Waals surface area contributed by atoms with Gasteiger partial charge < -0.3 is 35.2 Å². The van der Waals surface area contributed by atoms with Crippen LogP contribution in [0.25, 0.3) is 0 Å². The summed E-state index contributed by atoms with van der Waals surface area (Å²) in [5.74, 6) is -2.26. The molecule has 0 heterocycles. The van der Waals surface area contributed by atoms with E-state index < -0.39 is 58.2 Å². The number of ether oxygens (including phenoxy) is 2. The highest BCUT2D eigenvalue weighted by Crippen LogP contribution is 2.21. The van der Waals surface area contributed by atoms with Gasteiger partial charge in [-0.1, -0.05) is 72.8 Å². The number of rotatable bonds is 20. The summed E-state index contributed by atoms with van der Waals surface area (Å²) in [6.07, 6.45) is -3.20. The van der Waals surface area contributed by atoms with Gasteiger partial charge in [-0.2, -0.15) is 0 Å². The molecule has 0 spiro atoms. The van der Waals surface area contributed by atoms with Crippen molar-refractivity contribution in [2.45, 2.75) is 71.1 Å². The van der Waals surface area contributed by atoms with Crippen molar-refractivity contribution < 1.29 is 47.3 Å². The minimum absolute atomic E-state index is 0.00801. The highest BCUT2D eigenvalue weighted by atomic mass is 32.2. The fourth-order valence-corrected chi connectivity index (χ4v) is 6.54. The van der Waals surface area contributed by atoms with E-state index in [9.17, 15) is 37.8 Å². The first kappa shape index (κ1) is 44.0. The molecule has 15 heteroatoms. The topological polar surface area (TPSA) is 201 Å². The molecule has 0 aliphatic rings. The van der Waals surface area contributed by atoms with Crippen molar-refractivity contribution in [2.75, 3.05) is 24.1 Å². The molecule has 0 aliphatic carbocycles. The van der Waals surface area contributed by atoms with E-state index in [0.29, 0.717) is 11.3 Å². The first-order chi connectivity index (χ1) is 27.2. The maximum atomic E-state index is 14.1. The smallest absolute Gasteiger partial charge is 0.308 e. The lowest BCUT2D eigenvalue weighted by Crippen LogP contribution is -2.50. The summed E-state index contributed by atoms with van der Waals surface area (Å²) in [4.78, 5) is 54.8. The lowest BCUT2D eigenvalue weighted by Gasteiger charge is -2.31. The van der Waals surface area contributed by atoms with Crippen LogP contribution in [0, 0.1) is 0 Å². The number of aliphatic hydroxyl groups is 2. The van der Waals surface area contributed by atoms with Crippen LogP contribution in [0.5, 0.6) is 5.75 Å². The predicted molar refractivity (Wildman–Crippen MR) is 215 cm³/mol. The summed E-state index contributed by atoms with van der Waals surface area (Å²) in [7, 11) is -2.30. The van der Waals surface area contributed by atoms with Crippen molar-refractivity contribution in [3.8, 4) is 5.75 Å². The number of benzene rings is 4. The summed E-state index contributed by atoms with van der Waals surface area (Å²) < 4.78 is 37.7. The highest BCUT2D eigenvalue weighted by molar-refractivity contribution is 7.92. The zero-order valence-electron chi connectivity index (χ0n) is 32.4. The van der Waals surface area contributed by atoms with Crippen molar-refractivity contribution in [3.05, 3.63) is 131 Å². The van der Waals surface area contributed by atoms with E-state index in [4.69, 9.17) is 9.47 Å². The molecule has 0 saturated heterocycles. The second kappa shape index (κ2) is 20.9. The van der Waals surface area contributed by atoms with E-state index in [0.717, 1.165) is 11.1 Å². The van der Waals surface area contributed by atoms with Crippen LogP contribution in [0.3, 0.4) is 0 Å². The summed E-state index contributed by atoms with van der Waals surface area (Å²) in [6.45, 7) is 4.26. The minimum Gasteiger partial charge on any atom is -0.497 e. The molecular formula is C42H50N4O10S. The average molecular weight is 803 g/mol. The highest BCUT2D eigenvalue weighted by Gasteiger charge is 2.28. The predicted octanol–water partition coefficient (Wildman–Crippen LogP) is 4.34. The number of hydrogen-bond acceptors (Lipinski definition) is 10. The number of carbonyl (C=O) groups excluding carboxylic acids is 4. The Bertz CT molecular complexity index is 2080. The van der Waals surface area contributed by atoms with Gasteiger partial charge in [-0.3, -0.25) is 23.9 Å². The third-order valence-electron chi connectivity index (χ3n) is 8.95. The molecule has 0 fully saturated rings. The Morgan fingerprint density at radius 2 is 1.39 bits per heavy atom. The van der Waals surface area contributed by atoms with Crippen molar-refractivity contribution in [1.29, 1.82) is 0 Å². The fourth-order valence-electron chi connectivity index (χ4n) is 5.92. The average Bonchev–Trinajstić information content (AvgIpc) is 3.19. The number of amides is 3. The largest absolute Gasteiger partial charge is 0.497 e. The number of hydrogen-bond donors (Lipinski definition) is 5. The van der Waals surface area contributed by atoms with Crippen LogP contribution in [-0.4, -0.2) is 85.1 Å². The molecule has 4 atom stereocenters. The van der Waals surface area contributed by atoms with Gasteiger partial charge in [0.1, 0.15) is 5.75 Å². The summed E-state index contributed by atoms with van der Waals surface area (Å²) in [5.41, 5.74) is 2.21. The molecule has 14 nitrogen and oxygen atoms in total. The van der Waals surface area contributed by atoms with Gasteiger partial charge in [-0.25, -0.2) is 8.42 Å². The summed E-state index contributed by atoms with van der Waals surface area (Å²) >= 11 is 0. The molecular weight excluding hydrogens is 753 g/mol. The molecule has 3 amide bonds. The Hall–Kier alpha value is -5.77. The second-order valence-electron chi connectivity index (χ2n) is 13.5. The fraction of sp³-hybridized carbons (Fsp3) is 0.333. The van der Waals surface area contributed by atoms with Crippen molar-refractivity contribution in [1.82, 2.24) is 15.5 Å². The first-order valence-electron chi connectivity index (χ1n) is 18.5. The molecule has 4 rings (SSSR count). The van der Waals surface area contributed by atoms with Gasteiger partial charge in [0.05, 0.1) is 43.2 Å². The quantitative estimate of drug-likeness (QED) is 0.0633. The Kier molecular flexibility index (Phi) is 16.2. The summed E-state index contributed by atoms with van der Waals surface area (Å²) in [6, 6.07) is 27.8. The van der Waals surface area contributed by atoms with Crippen molar-refractivity contribution in [2.24, 2.45) is 0 Å². The van der Waals surface area contributed by atoms with Crippen LogP contribution in [0.4, 0.5) is 5.69 Å². The van der Waals surface area contributed by atoms with Gasteiger partial charge in [0.2, 0.25) is 15.9 Å². The van der Waals surface area contributed by atoms with Gasteiger partial charge in [0.25, 0.3) is 11.8 Å². The van der Waals surface area contributed by atoms with Gasteiger partial charge >= 0.3 is 5.97 Å². The number of methoxy groups -OCH3 is 1. The van der Waals surface area contributed by atoms with E-state index in [1.807, 2.05) is 48.5 Å². The second-order valence-corrected chi connectivity index (χ2v) is 15.5. The minimum atomic E-state index is -3.81. The number of aliphatic hydroxyl groups excluding tert-OH is 2. The van der Waals surface area contributed by atoms with E-state index in [1.54, 1.807) is 43.3 Å². The third-order valence-corrected chi connectivity index (χ3v) is 10.3. The number of esters is 1. The van der Waals surface area contributed by atoms with E-state index in [1.165, 1.54) is 44.1 Å². The molecule has 0 aliphatic heterocycles. The van der Waals surface area contributed by atoms with Crippen molar-refractivity contribution >= 4 is 39.4 Å². The molecule has 304 valence electrons. The molecule has 0 aromatic heterocycles. The van der Waals surface area contributed by atoms with Crippen LogP contribution >= 0.6 is 0 Å². The molecule has 57 heavy (non-hydrogen) atoms. The van der Waals surface area contributed by atoms with Crippen LogP contribution in [0.1, 0.15) is 77.1 Å². The van der Waals surface area contributed by atoms with Gasteiger partial charge in [0, 0.05) is 30.6 Å². The zero-order valence-corrected chi connectivity index (χ0v) is 33.2. The normalized spacial score (nSPS) is 13.3. The van der Waals surface area contributed by atoms with Gasteiger partial charge in [-0.15, -0.1) is 0 Å². The molecule has 4 aromatic rings. The maximum absolute atomic E-state index is 14.1. The SMILES string of the molecule is CCS(=O)(=O)Nc1cc(C(=O)NC(C)c2ccccc2)cc(C(=O)NC(Cc2ccccc2)C(O)CN(Cc2cccc(OC)c2)C(=O)CCC(=O)OC(C)O)c1. The number of carbonyl (C=O) groups is 4. The lowest BCUT2D eigenvalue weighted by molar-refractivity contribution is -0.165. The number of nitrogens with zero attached hydrogens (tertiary/aromatic N) is 1. The third kappa shape index (κ3) is 14.0. The maximum Gasteiger partial charge on any atom is 0.308 e. The van der Waals surface area contributed by atoms with Crippen LogP contribution in [0.15, 0.2) is 103 Å².